The zero-order chi connectivity index (χ0) is 16.7. The average Bonchev–Trinajstić information content (AvgIpc) is 2.57. The van der Waals surface area contributed by atoms with Crippen molar-refractivity contribution >= 4 is 5.76 Å². The van der Waals surface area contributed by atoms with Gasteiger partial charge in [-0.25, -0.2) is 0 Å². The maximum absolute atomic E-state index is 13.2. The molecule has 0 fully saturated rings. The summed E-state index contributed by atoms with van der Waals surface area (Å²) in [5.74, 6) is -1.28. The summed E-state index contributed by atoms with van der Waals surface area (Å²) in [6.45, 7) is 3.32. The molecule has 0 aliphatic carbocycles. The minimum absolute atomic E-state index is 0. The van der Waals surface area contributed by atoms with Gasteiger partial charge < -0.3 is 10.1 Å². The van der Waals surface area contributed by atoms with Crippen LogP contribution in [0.3, 0.4) is 0 Å². The van der Waals surface area contributed by atoms with Gasteiger partial charge in [0.05, 0.1) is 0 Å². The van der Waals surface area contributed by atoms with E-state index in [2.05, 4.69) is 22.6 Å². The van der Waals surface area contributed by atoms with Crippen LogP contribution in [-0.2, 0) is 20.1 Å². The van der Waals surface area contributed by atoms with Crippen LogP contribution in [0.5, 0.6) is 0 Å². The van der Waals surface area contributed by atoms with Gasteiger partial charge in [-0.15, -0.1) is 12.1 Å². The van der Waals surface area contributed by atoms with Gasteiger partial charge in [0.2, 0.25) is 0 Å². The number of hydrogen-bond donors (Lipinski definition) is 1. The van der Waals surface area contributed by atoms with Crippen molar-refractivity contribution in [2.24, 2.45) is 0 Å². The fourth-order valence-corrected chi connectivity index (χ4v) is 1.69. The van der Waals surface area contributed by atoms with Crippen LogP contribution < -0.4 is 0 Å². The third kappa shape index (κ3) is 6.91. The molecule has 0 spiro atoms. The number of aliphatic hydroxyl groups excluding tert-OH is 1. The minimum atomic E-state index is -0.649. The Balaban J connectivity index is 0.000000462. The summed E-state index contributed by atoms with van der Waals surface area (Å²) in [6.07, 6.45) is 3.16. The third-order valence-corrected chi connectivity index (χ3v) is 2.74. The molecule has 3 nitrogen and oxygen atoms in total. The van der Waals surface area contributed by atoms with E-state index in [0.29, 0.717) is 11.4 Å². The first-order valence-corrected chi connectivity index (χ1v) is 6.65. The second kappa shape index (κ2) is 11.2. The first-order chi connectivity index (χ1) is 11.1. The Labute approximate surface area is 159 Å². The van der Waals surface area contributed by atoms with Crippen molar-refractivity contribution in [3.05, 3.63) is 90.9 Å². The van der Waals surface area contributed by atoms with Gasteiger partial charge in [0.25, 0.3) is 0 Å². The van der Waals surface area contributed by atoms with E-state index >= 15 is 0 Å². The molecule has 3 aromatic rings. The normalized spacial score (nSPS) is 8.88. The van der Waals surface area contributed by atoms with Crippen molar-refractivity contribution in [2.45, 2.75) is 7.43 Å². The number of rotatable bonds is 2. The smallest absolute Gasteiger partial charge is 0.134 e. The van der Waals surface area contributed by atoms with E-state index in [9.17, 15) is 8.78 Å². The third-order valence-electron chi connectivity index (χ3n) is 2.74. The molecule has 0 atom stereocenters. The Hall–Kier alpha value is -2.43. The summed E-state index contributed by atoms with van der Waals surface area (Å²) in [4.78, 5) is 7.77. The zero-order valence-corrected chi connectivity index (χ0v) is 14.8. The van der Waals surface area contributed by atoms with Gasteiger partial charge in [0, 0.05) is 44.1 Å². The Bertz CT molecular complexity index is 784. The van der Waals surface area contributed by atoms with Crippen LogP contribution in [0.25, 0.3) is 17.0 Å². The Morgan fingerprint density at radius 2 is 1.68 bits per heavy atom. The average molecular weight is 520 g/mol. The summed E-state index contributed by atoms with van der Waals surface area (Å²) < 4.78 is 25.8. The summed E-state index contributed by atoms with van der Waals surface area (Å²) in [5, 5.41) is 8.77. The molecule has 3 rings (SSSR count). The van der Waals surface area contributed by atoms with E-state index < -0.39 is 11.6 Å². The molecule has 133 valence electrons. The molecule has 0 aliphatic rings. The zero-order valence-electron chi connectivity index (χ0n) is 12.4. The van der Waals surface area contributed by atoms with E-state index in [-0.39, 0.29) is 38.9 Å². The van der Waals surface area contributed by atoms with Crippen molar-refractivity contribution in [3.8, 4) is 11.3 Å². The van der Waals surface area contributed by atoms with E-state index in [1.807, 2.05) is 0 Å². The number of benzene rings is 1. The number of halogens is 2. The standard InChI is InChI=1S/C11H6F2N.C7H7NO.CH4.Ir/c12-8-4-5-9(10(13)7-8)11-3-1-2-6-14-11;1-6(9)7-4-2-3-5-8-7;;/h1-4,6-7H;2-5,9H,1H2;1H4;/q-1;;;. The number of nitrogens with zero attached hydrogens (tertiary/aromatic N) is 2. The van der Waals surface area contributed by atoms with Crippen LogP contribution in [0.15, 0.2) is 67.5 Å². The maximum atomic E-state index is 13.2. The largest absolute Gasteiger partial charge is 0.506 e. The van der Waals surface area contributed by atoms with Crippen LogP contribution in [0.1, 0.15) is 13.1 Å². The Morgan fingerprint density at radius 1 is 1.04 bits per heavy atom. The fraction of sp³-hybridized carbons (Fsp3) is 0.0526. The van der Waals surface area contributed by atoms with Crippen molar-refractivity contribution < 1.29 is 34.0 Å². The molecule has 25 heavy (non-hydrogen) atoms. The first-order valence-electron chi connectivity index (χ1n) is 6.65. The van der Waals surface area contributed by atoms with E-state index in [1.54, 1.807) is 48.8 Å². The molecule has 2 aromatic heterocycles. The van der Waals surface area contributed by atoms with Gasteiger partial charge in [-0.05, 0) is 23.9 Å². The Morgan fingerprint density at radius 3 is 2.12 bits per heavy atom. The number of hydrogen-bond acceptors (Lipinski definition) is 3. The van der Waals surface area contributed by atoms with Crippen LogP contribution in [-0.4, -0.2) is 15.1 Å². The molecule has 1 radical (unpaired) electrons. The molecule has 0 unspecified atom stereocenters. The van der Waals surface area contributed by atoms with E-state index in [1.165, 1.54) is 0 Å². The van der Waals surface area contributed by atoms with Crippen molar-refractivity contribution in [2.75, 3.05) is 0 Å². The monoisotopic (exact) mass is 520 g/mol. The maximum Gasteiger partial charge on any atom is 0.134 e. The second-order valence-electron chi connectivity index (χ2n) is 4.42. The number of aliphatic hydroxyl groups is 1. The van der Waals surface area contributed by atoms with Gasteiger partial charge >= 0.3 is 0 Å². The molecule has 2 heterocycles. The molecule has 0 saturated carbocycles. The van der Waals surface area contributed by atoms with Crippen LogP contribution in [0.4, 0.5) is 8.78 Å². The predicted molar refractivity (Wildman–Crippen MR) is 91.1 cm³/mol. The molecule has 0 aliphatic heterocycles. The molecule has 1 N–H and O–H groups in total. The van der Waals surface area contributed by atoms with Crippen LogP contribution in [0, 0.1) is 17.7 Å². The van der Waals surface area contributed by atoms with Gasteiger partial charge in [-0.3, -0.25) is 13.8 Å². The van der Waals surface area contributed by atoms with E-state index in [4.69, 9.17) is 5.11 Å². The fourth-order valence-electron chi connectivity index (χ4n) is 1.69. The molecular formula is C19H17F2IrN2O-. The second-order valence-corrected chi connectivity index (χ2v) is 4.42. The minimum Gasteiger partial charge on any atom is -0.506 e. The summed E-state index contributed by atoms with van der Waals surface area (Å²) in [6, 6.07) is 14.8. The van der Waals surface area contributed by atoms with Crippen molar-refractivity contribution in [1.29, 1.82) is 0 Å². The van der Waals surface area contributed by atoms with Gasteiger partial charge in [-0.2, -0.15) is 0 Å². The number of pyridine rings is 2. The molecular weight excluding hydrogens is 502 g/mol. The summed E-state index contributed by atoms with van der Waals surface area (Å²) in [5.41, 5.74) is 1.16. The van der Waals surface area contributed by atoms with Crippen molar-refractivity contribution in [3.63, 3.8) is 0 Å². The van der Waals surface area contributed by atoms with Gasteiger partial charge in [0.1, 0.15) is 11.5 Å². The van der Waals surface area contributed by atoms with Gasteiger partial charge in [0.15, 0.2) is 0 Å². The number of aromatic nitrogens is 2. The first kappa shape index (κ1) is 22.6. The van der Waals surface area contributed by atoms with Gasteiger partial charge in [-0.1, -0.05) is 43.8 Å². The Kier molecular flexibility index (Phi) is 10.1. The van der Waals surface area contributed by atoms with Crippen LogP contribution >= 0.6 is 0 Å². The summed E-state index contributed by atoms with van der Waals surface area (Å²) in [7, 11) is 0. The predicted octanol–water partition coefficient (Wildman–Crippen LogP) is 5.07. The molecule has 0 amide bonds. The topological polar surface area (TPSA) is 46.0 Å². The molecule has 0 bridgehead atoms. The molecule has 0 saturated heterocycles. The quantitative estimate of drug-likeness (QED) is 0.380. The molecule has 1 aromatic carbocycles. The van der Waals surface area contributed by atoms with Crippen molar-refractivity contribution in [1.82, 2.24) is 9.97 Å². The SMILES string of the molecule is C.C=C(O)c1ccccn1.Fc1c[c-]c(-c2ccccn2)c(F)c1.[Ir]. The van der Waals surface area contributed by atoms with E-state index in [0.717, 1.165) is 12.1 Å². The molecule has 6 heteroatoms. The van der Waals surface area contributed by atoms with Crippen LogP contribution in [0.2, 0.25) is 0 Å². The summed E-state index contributed by atoms with van der Waals surface area (Å²) >= 11 is 0.